The number of rotatable bonds is 3. The fourth-order valence-corrected chi connectivity index (χ4v) is 1.90. The summed E-state index contributed by atoms with van der Waals surface area (Å²) in [5.74, 6) is -0.468. The monoisotopic (exact) mass is 353 g/mol. The van der Waals surface area contributed by atoms with E-state index in [2.05, 4.69) is 12.7 Å². The molecule has 1 aliphatic heterocycles. The first-order valence-electron chi connectivity index (χ1n) is 5.81. The van der Waals surface area contributed by atoms with Crippen LogP contribution in [0.15, 0.2) is 48.2 Å². The number of halogens is 3. The van der Waals surface area contributed by atoms with Gasteiger partial charge in [-0.25, -0.2) is 13.2 Å². The van der Waals surface area contributed by atoms with Crippen LogP contribution in [-0.2, 0) is 32.7 Å². The molecule has 0 saturated carbocycles. The molecule has 1 heterocycles. The number of hydrogen-bond acceptors (Lipinski definition) is 1. The van der Waals surface area contributed by atoms with Crippen LogP contribution in [0.3, 0.4) is 0 Å². The summed E-state index contributed by atoms with van der Waals surface area (Å²) >= 11 is 0. The summed E-state index contributed by atoms with van der Waals surface area (Å²) in [7, 11) is 0. The number of allylic oxidation sites excluding steroid dienone is 3. The molecule has 1 aromatic rings. The average molecular weight is 353 g/mol. The van der Waals surface area contributed by atoms with Gasteiger partial charge in [0.2, 0.25) is 0 Å². The predicted octanol–water partition coefficient (Wildman–Crippen LogP) is 4.01. The van der Waals surface area contributed by atoms with Crippen LogP contribution >= 0.6 is 0 Å². The van der Waals surface area contributed by atoms with E-state index in [4.69, 9.17) is 0 Å². The van der Waals surface area contributed by atoms with E-state index >= 15 is 0 Å². The smallest absolute Gasteiger partial charge is 0.256 e. The molecular formula is C15H13F3NY-. The summed E-state index contributed by atoms with van der Waals surface area (Å²) in [6.45, 7) is 5.00. The van der Waals surface area contributed by atoms with E-state index in [-0.39, 0.29) is 44.0 Å². The predicted molar refractivity (Wildman–Crippen MR) is 68.7 cm³/mol. The first-order chi connectivity index (χ1) is 9.00. The van der Waals surface area contributed by atoms with Crippen molar-refractivity contribution in [1.29, 1.82) is 0 Å². The van der Waals surface area contributed by atoms with Gasteiger partial charge in [-0.15, -0.1) is 11.6 Å². The molecule has 5 heteroatoms. The van der Waals surface area contributed by atoms with Gasteiger partial charge in [-0.3, -0.25) is 0 Å². The molecular weight excluding hydrogens is 340 g/mol. The Balaban J connectivity index is 0.00000200. The van der Waals surface area contributed by atoms with Gasteiger partial charge in [0.25, 0.3) is 6.43 Å². The van der Waals surface area contributed by atoms with E-state index < -0.39 is 18.8 Å². The van der Waals surface area contributed by atoms with Crippen molar-refractivity contribution in [1.82, 2.24) is 4.90 Å². The van der Waals surface area contributed by atoms with Crippen LogP contribution in [0.5, 0.6) is 0 Å². The molecule has 20 heavy (non-hydrogen) atoms. The largest absolute Gasteiger partial charge is 0.370 e. The maximum absolute atomic E-state index is 13.8. The second-order valence-corrected chi connectivity index (χ2v) is 4.25. The number of alkyl halides is 2. The molecule has 2 rings (SSSR count). The normalized spacial score (nSPS) is 14.8. The molecule has 1 aliphatic rings. The van der Waals surface area contributed by atoms with Crippen LogP contribution in [0.25, 0.3) is 5.70 Å². The molecule has 0 amide bonds. The minimum atomic E-state index is -2.54. The third-order valence-electron chi connectivity index (χ3n) is 2.93. The molecule has 1 radical (unpaired) electrons. The average Bonchev–Trinajstić information content (AvgIpc) is 2.36. The summed E-state index contributed by atoms with van der Waals surface area (Å²) in [4.78, 5) is 1.30. The Morgan fingerprint density at radius 3 is 2.55 bits per heavy atom. The Kier molecular flexibility index (Phi) is 6.21. The molecule has 0 saturated heterocycles. The van der Waals surface area contributed by atoms with Crippen LogP contribution < -0.4 is 0 Å². The summed E-state index contributed by atoms with van der Waals surface area (Å²) in [5.41, 5.74) is 1.71. The van der Waals surface area contributed by atoms with Gasteiger partial charge in [0.05, 0.1) is 12.4 Å². The third-order valence-corrected chi connectivity index (χ3v) is 2.93. The Morgan fingerprint density at radius 2 is 1.95 bits per heavy atom. The zero-order chi connectivity index (χ0) is 14.0. The van der Waals surface area contributed by atoms with Crippen molar-refractivity contribution in [2.45, 2.75) is 13.3 Å². The maximum Gasteiger partial charge on any atom is 0.256 e. The van der Waals surface area contributed by atoms with E-state index in [9.17, 15) is 13.2 Å². The van der Waals surface area contributed by atoms with E-state index in [0.717, 1.165) is 5.57 Å². The maximum atomic E-state index is 13.8. The summed E-state index contributed by atoms with van der Waals surface area (Å²) in [6, 6.07) is 6.04. The van der Waals surface area contributed by atoms with Crippen molar-refractivity contribution >= 4 is 5.70 Å². The molecule has 0 aromatic heterocycles. The third kappa shape index (κ3) is 3.61. The Bertz CT molecular complexity index is 564. The standard InChI is InChI=1S/C15H13F3N.Y/c1-10-7-8-14(12-5-3-4-6-13(12)16)19(11(10)2)9-15(17)18;/h3-7,15H,2,9H2,1H3;/q-1;. The first-order valence-corrected chi connectivity index (χ1v) is 5.81. The van der Waals surface area contributed by atoms with E-state index in [1.165, 1.54) is 17.0 Å². The molecule has 1 nitrogen and oxygen atoms in total. The summed E-state index contributed by atoms with van der Waals surface area (Å²) < 4.78 is 39.1. The first kappa shape index (κ1) is 17.2. The van der Waals surface area contributed by atoms with Crippen molar-refractivity contribution in [3.63, 3.8) is 0 Å². The summed E-state index contributed by atoms with van der Waals surface area (Å²) in [5, 5.41) is 0. The van der Waals surface area contributed by atoms with Crippen LogP contribution in [0, 0.1) is 11.9 Å². The van der Waals surface area contributed by atoms with Gasteiger partial charge >= 0.3 is 0 Å². The quantitative estimate of drug-likeness (QED) is 0.743. The zero-order valence-corrected chi connectivity index (χ0v) is 13.9. The van der Waals surface area contributed by atoms with Gasteiger partial charge in [0.1, 0.15) is 0 Å². The van der Waals surface area contributed by atoms with Crippen molar-refractivity contribution < 1.29 is 45.9 Å². The van der Waals surface area contributed by atoms with Crippen molar-refractivity contribution in [3.8, 4) is 0 Å². The van der Waals surface area contributed by atoms with Gasteiger partial charge in [-0.1, -0.05) is 36.9 Å². The minimum Gasteiger partial charge on any atom is -0.370 e. The van der Waals surface area contributed by atoms with E-state index in [1.54, 1.807) is 25.1 Å². The van der Waals surface area contributed by atoms with E-state index in [1.807, 2.05) is 0 Å². The Morgan fingerprint density at radius 1 is 1.30 bits per heavy atom. The van der Waals surface area contributed by atoms with Crippen LogP contribution in [0.4, 0.5) is 13.2 Å². The second kappa shape index (κ2) is 7.23. The molecule has 103 valence electrons. The fraction of sp³-hybridized carbons (Fsp3) is 0.200. The molecule has 1 aromatic carbocycles. The molecule has 0 N–H and O–H groups in total. The zero-order valence-electron chi connectivity index (χ0n) is 11.0. The SMILES string of the molecule is C=C1C(C)=C[C-]=C(c2ccccc2F)N1CC(F)F.[Y]. The van der Waals surface area contributed by atoms with Gasteiger partial charge in [-0.05, 0) is 11.8 Å². The van der Waals surface area contributed by atoms with Gasteiger partial charge in [0, 0.05) is 32.7 Å². The fourth-order valence-electron chi connectivity index (χ4n) is 1.90. The van der Waals surface area contributed by atoms with Crippen LogP contribution in [0.1, 0.15) is 12.5 Å². The molecule has 0 atom stereocenters. The van der Waals surface area contributed by atoms with E-state index in [0.29, 0.717) is 5.70 Å². The Labute approximate surface area is 141 Å². The minimum absolute atomic E-state index is 0. The number of hydrogen-bond donors (Lipinski definition) is 0. The Hall–Kier alpha value is -0.866. The topological polar surface area (TPSA) is 3.24 Å². The number of benzene rings is 1. The van der Waals surface area contributed by atoms with Gasteiger partial charge in [-0.2, -0.15) is 12.2 Å². The molecule has 0 bridgehead atoms. The molecule has 0 unspecified atom stereocenters. The molecule has 0 aliphatic carbocycles. The second-order valence-electron chi connectivity index (χ2n) is 4.25. The number of nitrogens with zero attached hydrogens (tertiary/aromatic N) is 1. The summed E-state index contributed by atoms with van der Waals surface area (Å²) in [6.07, 6.45) is 1.95. The van der Waals surface area contributed by atoms with Crippen molar-refractivity contribution in [3.05, 3.63) is 65.6 Å². The van der Waals surface area contributed by atoms with Gasteiger partial charge in [0.15, 0.2) is 0 Å². The van der Waals surface area contributed by atoms with Crippen LogP contribution in [-0.4, -0.2) is 17.9 Å². The molecule has 0 spiro atoms. The van der Waals surface area contributed by atoms with Crippen LogP contribution in [0.2, 0.25) is 0 Å². The molecule has 0 fully saturated rings. The van der Waals surface area contributed by atoms with Gasteiger partial charge < -0.3 is 4.90 Å². The van der Waals surface area contributed by atoms with Crippen molar-refractivity contribution in [2.24, 2.45) is 0 Å². The van der Waals surface area contributed by atoms with Crippen molar-refractivity contribution in [2.75, 3.05) is 6.54 Å².